The number of Topliss-reactive ketones (excluding diaryl/α,β-unsaturated/α-hetero) is 1. The maximum atomic E-state index is 10.6. The van der Waals surface area contributed by atoms with Crippen LogP contribution in [0.25, 0.3) is 0 Å². The highest BCUT2D eigenvalue weighted by atomic mass is 16.4. The average Bonchev–Trinajstić information content (AvgIpc) is 1.85. The number of hydrogen-bond donors (Lipinski definition) is 2. The predicted molar refractivity (Wildman–Crippen MR) is 44.9 cm³/mol. The quantitative estimate of drug-likeness (QED) is 0.580. The number of carbonyl (C=O) groups excluding carboxylic acids is 1. The fourth-order valence-electron chi connectivity index (χ4n) is 0.924. The van der Waals surface area contributed by atoms with Crippen LogP contribution >= 0.6 is 0 Å². The van der Waals surface area contributed by atoms with E-state index in [0.717, 1.165) is 0 Å². The molecule has 0 saturated heterocycles. The molecular formula is C8H13NO3. The second-order valence-corrected chi connectivity index (χ2v) is 2.60. The van der Waals surface area contributed by atoms with Gasteiger partial charge in [-0.15, -0.1) is 0 Å². The van der Waals surface area contributed by atoms with E-state index in [1.54, 1.807) is 0 Å². The number of nitrogens with one attached hydrogen (secondary N) is 1. The highest BCUT2D eigenvalue weighted by molar-refractivity contribution is 5.83. The Labute approximate surface area is 71.3 Å². The molecule has 0 radical (unpaired) electrons. The number of likely N-dealkylation sites (N-methyl/N-ethyl adjacent to an activating group) is 1. The highest BCUT2D eigenvalue weighted by Gasteiger charge is 2.18. The number of carbonyl (C=O) groups is 2. The minimum Gasteiger partial charge on any atom is -0.480 e. The third-order valence-electron chi connectivity index (χ3n) is 1.42. The van der Waals surface area contributed by atoms with Gasteiger partial charge in [0.25, 0.3) is 0 Å². The number of hydrogen-bond acceptors (Lipinski definition) is 3. The molecule has 1 atom stereocenters. The maximum Gasteiger partial charge on any atom is 0.324 e. The SMILES string of the molecule is C=C(CC(C)=O)[C@H](NC)C(=O)O. The zero-order valence-electron chi connectivity index (χ0n) is 7.26. The first-order valence-corrected chi connectivity index (χ1v) is 3.56. The van der Waals surface area contributed by atoms with E-state index in [-0.39, 0.29) is 12.2 Å². The molecule has 0 fully saturated rings. The first-order valence-electron chi connectivity index (χ1n) is 3.56. The van der Waals surface area contributed by atoms with Crippen molar-refractivity contribution in [2.45, 2.75) is 19.4 Å². The van der Waals surface area contributed by atoms with Crippen molar-refractivity contribution in [3.8, 4) is 0 Å². The molecule has 0 saturated carbocycles. The summed E-state index contributed by atoms with van der Waals surface area (Å²) in [4.78, 5) is 21.1. The van der Waals surface area contributed by atoms with E-state index in [0.29, 0.717) is 5.57 Å². The molecule has 68 valence electrons. The van der Waals surface area contributed by atoms with E-state index >= 15 is 0 Å². The number of aliphatic carboxylic acids is 1. The van der Waals surface area contributed by atoms with E-state index in [1.807, 2.05) is 0 Å². The van der Waals surface area contributed by atoms with Crippen molar-refractivity contribution in [1.29, 1.82) is 0 Å². The Kier molecular flexibility index (Phi) is 4.21. The summed E-state index contributed by atoms with van der Waals surface area (Å²) >= 11 is 0. The fourth-order valence-corrected chi connectivity index (χ4v) is 0.924. The largest absolute Gasteiger partial charge is 0.480 e. The van der Waals surface area contributed by atoms with Gasteiger partial charge >= 0.3 is 5.97 Å². The lowest BCUT2D eigenvalue weighted by Crippen LogP contribution is -2.35. The van der Waals surface area contributed by atoms with Crippen molar-refractivity contribution in [3.05, 3.63) is 12.2 Å². The summed E-state index contributed by atoms with van der Waals surface area (Å²) in [7, 11) is 1.52. The molecule has 0 aliphatic heterocycles. The number of ketones is 1. The molecule has 0 amide bonds. The smallest absolute Gasteiger partial charge is 0.324 e. The summed E-state index contributed by atoms with van der Waals surface area (Å²) in [5, 5.41) is 11.2. The third-order valence-corrected chi connectivity index (χ3v) is 1.42. The lowest BCUT2D eigenvalue weighted by Gasteiger charge is -2.12. The summed E-state index contributed by atoms with van der Waals surface area (Å²) < 4.78 is 0. The van der Waals surface area contributed by atoms with Crippen LogP contribution in [0.1, 0.15) is 13.3 Å². The van der Waals surface area contributed by atoms with E-state index < -0.39 is 12.0 Å². The van der Waals surface area contributed by atoms with Gasteiger partial charge in [0.05, 0.1) is 0 Å². The van der Waals surface area contributed by atoms with Crippen LogP contribution in [0.5, 0.6) is 0 Å². The molecule has 0 aromatic carbocycles. The van der Waals surface area contributed by atoms with Gasteiger partial charge in [-0.1, -0.05) is 6.58 Å². The van der Waals surface area contributed by atoms with Gasteiger partial charge in [0.2, 0.25) is 0 Å². The molecule has 0 heterocycles. The Bertz CT molecular complexity index is 210. The molecule has 0 aliphatic rings. The standard InChI is InChI=1S/C8H13NO3/c1-5(4-6(2)10)7(9-3)8(11)12/h7,9H,1,4H2,2-3H3,(H,11,12)/t7-/m0/s1. The van der Waals surface area contributed by atoms with E-state index in [4.69, 9.17) is 5.11 Å². The van der Waals surface area contributed by atoms with Gasteiger partial charge in [0.15, 0.2) is 0 Å². The zero-order chi connectivity index (χ0) is 9.72. The molecule has 0 aliphatic carbocycles. The Balaban J connectivity index is 4.22. The normalized spacial score (nSPS) is 12.2. The zero-order valence-corrected chi connectivity index (χ0v) is 7.26. The van der Waals surface area contributed by atoms with Crippen molar-refractivity contribution in [2.75, 3.05) is 7.05 Å². The van der Waals surface area contributed by atoms with Gasteiger partial charge in [-0.2, -0.15) is 0 Å². The monoisotopic (exact) mass is 171 g/mol. The molecular weight excluding hydrogens is 158 g/mol. The average molecular weight is 171 g/mol. The molecule has 0 unspecified atom stereocenters. The van der Waals surface area contributed by atoms with E-state index in [1.165, 1.54) is 14.0 Å². The van der Waals surface area contributed by atoms with Gasteiger partial charge < -0.3 is 10.4 Å². The Hall–Kier alpha value is -1.16. The first-order chi connectivity index (χ1) is 5.49. The molecule has 0 rings (SSSR count). The van der Waals surface area contributed by atoms with Gasteiger partial charge in [-0.05, 0) is 19.5 Å². The van der Waals surface area contributed by atoms with E-state index in [2.05, 4.69) is 11.9 Å². The first kappa shape index (κ1) is 10.8. The lowest BCUT2D eigenvalue weighted by molar-refractivity contribution is -0.138. The molecule has 0 aromatic heterocycles. The number of carboxylic acids is 1. The minimum absolute atomic E-state index is 0.0819. The molecule has 4 heteroatoms. The van der Waals surface area contributed by atoms with Crippen LogP contribution in [0.2, 0.25) is 0 Å². The topological polar surface area (TPSA) is 66.4 Å². The fraction of sp³-hybridized carbons (Fsp3) is 0.500. The van der Waals surface area contributed by atoms with Crippen LogP contribution in [-0.2, 0) is 9.59 Å². The van der Waals surface area contributed by atoms with Crippen molar-refractivity contribution >= 4 is 11.8 Å². The summed E-state index contributed by atoms with van der Waals surface area (Å²) in [6.07, 6.45) is 0.109. The van der Waals surface area contributed by atoms with Crippen LogP contribution in [0.3, 0.4) is 0 Å². The van der Waals surface area contributed by atoms with Crippen LogP contribution in [0.4, 0.5) is 0 Å². The lowest BCUT2D eigenvalue weighted by atomic mass is 10.0. The van der Waals surface area contributed by atoms with Gasteiger partial charge in [0, 0.05) is 6.42 Å². The minimum atomic E-state index is -1.01. The number of carboxylic acid groups (broad SMARTS) is 1. The predicted octanol–water partition coefficient (Wildman–Crippen LogP) is 0.194. The van der Waals surface area contributed by atoms with Crippen molar-refractivity contribution in [2.24, 2.45) is 0 Å². The third kappa shape index (κ3) is 3.30. The molecule has 0 aromatic rings. The molecule has 0 bridgehead atoms. The van der Waals surface area contributed by atoms with Gasteiger partial charge in [0.1, 0.15) is 11.8 Å². The van der Waals surface area contributed by atoms with Gasteiger partial charge in [-0.25, -0.2) is 0 Å². The van der Waals surface area contributed by atoms with Crippen LogP contribution in [-0.4, -0.2) is 29.9 Å². The second-order valence-electron chi connectivity index (χ2n) is 2.60. The number of rotatable bonds is 5. The Morgan fingerprint density at radius 2 is 2.08 bits per heavy atom. The summed E-state index contributed by atoms with van der Waals surface area (Å²) in [5.41, 5.74) is 0.387. The van der Waals surface area contributed by atoms with Crippen LogP contribution in [0.15, 0.2) is 12.2 Å². The second kappa shape index (κ2) is 4.66. The summed E-state index contributed by atoms with van der Waals surface area (Å²) in [6.45, 7) is 4.93. The molecule has 0 spiro atoms. The maximum absolute atomic E-state index is 10.6. The van der Waals surface area contributed by atoms with E-state index in [9.17, 15) is 9.59 Å². The van der Waals surface area contributed by atoms with Crippen molar-refractivity contribution in [1.82, 2.24) is 5.32 Å². The Morgan fingerprint density at radius 1 is 1.58 bits per heavy atom. The molecule has 4 nitrogen and oxygen atoms in total. The molecule has 12 heavy (non-hydrogen) atoms. The Morgan fingerprint density at radius 3 is 2.33 bits per heavy atom. The van der Waals surface area contributed by atoms with Crippen molar-refractivity contribution < 1.29 is 14.7 Å². The van der Waals surface area contributed by atoms with Crippen LogP contribution < -0.4 is 5.32 Å². The highest BCUT2D eigenvalue weighted by Crippen LogP contribution is 2.05. The summed E-state index contributed by atoms with van der Waals surface area (Å²) in [6, 6.07) is -0.825. The summed E-state index contributed by atoms with van der Waals surface area (Å²) in [5.74, 6) is -1.09. The van der Waals surface area contributed by atoms with Gasteiger partial charge in [-0.3, -0.25) is 9.59 Å². The van der Waals surface area contributed by atoms with Crippen molar-refractivity contribution in [3.63, 3.8) is 0 Å². The molecule has 2 N–H and O–H groups in total. The van der Waals surface area contributed by atoms with Crippen LogP contribution in [0, 0.1) is 0 Å².